The summed E-state index contributed by atoms with van der Waals surface area (Å²) in [6.45, 7) is 3.51. The Morgan fingerprint density at radius 2 is 2.26 bits per heavy atom. The highest BCUT2D eigenvalue weighted by molar-refractivity contribution is 5.94. The summed E-state index contributed by atoms with van der Waals surface area (Å²) < 4.78 is 5.51. The van der Waals surface area contributed by atoms with E-state index in [9.17, 15) is 9.59 Å². The molecule has 0 aromatic carbocycles. The Balaban J connectivity index is 1.68. The number of rotatable bonds is 1. The van der Waals surface area contributed by atoms with Gasteiger partial charge in [0.05, 0.1) is 12.1 Å². The molecule has 5 nitrogen and oxygen atoms in total. The molecule has 0 bridgehead atoms. The van der Waals surface area contributed by atoms with E-state index in [4.69, 9.17) is 4.74 Å². The minimum absolute atomic E-state index is 0.0405. The Bertz CT molecular complexity index is 444. The Morgan fingerprint density at radius 1 is 1.42 bits per heavy atom. The summed E-state index contributed by atoms with van der Waals surface area (Å²) in [6.07, 6.45) is 3.91. The van der Waals surface area contributed by atoms with Crippen molar-refractivity contribution in [1.29, 1.82) is 0 Å². The molecule has 0 aromatic rings. The van der Waals surface area contributed by atoms with Crippen LogP contribution in [-0.2, 0) is 14.3 Å². The van der Waals surface area contributed by atoms with Crippen molar-refractivity contribution in [1.82, 2.24) is 10.2 Å². The molecule has 2 saturated heterocycles. The number of fused-ring (bicyclic) bond motifs is 1. The van der Waals surface area contributed by atoms with Gasteiger partial charge in [-0.05, 0) is 32.6 Å². The second-order valence-electron chi connectivity index (χ2n) is 5.68. The Morgan fingerprint density at radius 3 is 3.00 bits per heavy atom. The molecule has 0 aromatic heterocycles. The Labute approximate surface area is 113 Å². The molecular weight excluding hydrogens is 244 g/mol. The van der Waals surface area contributed by atoms with Gasteiger partial charge in [0, 0.05) is 18.7 Å². The van der Waals surface area contributed by atoms with Crippen LogP contribution in [-0.4, -0.2) is 48.6 Å². The predicted octanol–water partition coefficient (Wildman–Crippen LogP) is 0.603. The van der Waals surface area contributed by atoms with E-state index in [1.54, 1.807) is 0 Å². The molecule has 2 heterocycles. The molecule has 1 N–H and O–H groups in total. The van der Waals surface area contributed by atoms with Gasteiger partial charge in [0.1, 0.15) is 6.61 Å². The maximum Gasteiger partial charge on any atom is 0.249 e. The van der Waals surface area contributed by atoms with Gasteiger partial charge in [-0.2, -0.15) is 0 Å². The van der Waals surface area contributed by atoms with Crippen molar-refractivity contribution >= 4 is 11.8 Å². The zero-order chi connectivity index (χ0) is 13.4. The number of carbonyl (C=O) groups is 2. The van der Waals surface area contributed by atoms with E-state index in [-0.39, 0.29) is 30.6 Å². The van der Waals surface area contributed by atoms with Gasteiger partial charge in [-0.1, -0.05) is 5.57 Å². The van der Waals surface area contributed by atoms with Gasteiger partial charge < -0.3 is 15.0 Å². The summed E-state index contributed by atoms with van der Waals surface area (Å²) in [5.74, 6) is 0.0834. The van der Waals surface area contributed by atoms with Crippen molar-refractivity contribution in [2.24, 2.45) is 0 Å². The van der Waals surface area contributed by atoms with Crippen molar-refractivity contribution in [3.05, 3.63) is 11.1 Å². The SMILES string of the molecule is CC1=C(C(=O)N2CC[C@@H]3OCC(=O)N[C@H]3C2)CCC1. The van der Waals surface area contributed by atoms with Crippen molar-refractivity contribution in [2.45, 2.75) is 44.8 Å². The highest BCUT2D eigenvalue weighted by Crippen LogP contribution is 2.28. The smallest absolute Gasteiger partial charge is 0.249 e. The zero-order valence-electron chi connectivity index (χ0n) is 11.3. The molecule has 104 valence electrons. The van der Waals surface area contributed by atoms with Gasteiger partial charge in [0.15, 0.2) is 0 Å². The largest absolute Gasteiger partial charge is 0.366 e. The van der Waals surface area contributed by atoms with Gasteiger partial charge >= 0.3 is 0 Å². The average molecular weight is 264 g/mol. The quantitative estimate of drug-likeness (QED) is 0.754. The van der Waals surface area contributed by atoms with Gasteiger partial charge in [-0.25, -0.2) is 0 Å². The van der Waals surface area contributed by atoms with Crippen LogP contribution in [0, 0.1) is 0 Å². The molecule has 0 unspecified atom stereocenters. The number of ether oxygens (including phenoxy) is 1. The maximum atomic E-state index is 12.5. The lowest BCUT2D eigenvalue weighted by atomic mass is 9.99. The van der Waals surface area contributed by atoms with E-state index >= 15 is 0 Å². The first-order valence-corrected chi connectivity index (χ1v) is 7.04. The molecule has 19 heavy (non-hydrogen) atoms. The van der Waals surface area contributed by atoms with Crippen molar-refractivity contribution in [3.63, 3.8) is 0 Å². The van der Waals surface area contributed by atoms with Crippen molar-refractivity contribution in [3.8, 4) is 0 Å². The first-order chi connectivity index (χ1) is 9.15. The number of amides is 2. The van der Waals surface area contributed by atoms with E-state index in [1.165, 1.54) is 5.57 Å². The standard InChI is InChI=1S/C14H20N2O3/c1-9-3-2-4-10(9)14(18)16-6-5-12-11(7-16)15-13(17)8-19-12/h11-12H,2-8H2,1H3,(H,15,17)/t11-,12-/m0/s1. The van der Waals surface area contributed by atoms with Crippen LogP contribution in [0.25, 0.3) is 0 Å². The topological polar surface area (TPSA) is 58.6 Å². The molecule has 5 heteroatoms. The average Bonchev–Trinajstić information content (AvgIpc) is 2.83. The third-order valence-electron chi connectivity index (χ3n) is 4.36. The van der Waals surface area contributed by atoms with Crippen LogP contribution in [0.5, 0.6) is 0 Å². The molecule has 0 spiro atoms. The number of nitrogens with zero attached hydrogens (tertiary/aromatic N) is 1. The second-order valence-corrected chi connectivity index (χ2v) is 5.68. The molecule has 0 saturated carbocycles. The summed E-state index contributed by atoms with van der Waals surface area (Å²) in [4.78, 5) is 25.7. The van der Waals surface area contributed by atoms with Crippen LogP contribution in [0.2, 0.25) is 0 Å². The highest BCUT2D eigenvalue weighted by Gasteiger charge is 2.37. The first-order valence-electron chi connectivity index (χ1n) is 7.04. The Hall–Kier alpha value is -1.36. The van der Waals surface area contributed by atoms with Gasteiger partial charge in [0.2, 0.25) is 11.8 Å². The normalized spacial score (nSPS) is 31.2. The van der Waals surface area contributed by atoms with Crippen LogP contribution in [0.1, 0.15) is 32.6 Å². The lowest BCUT2D eigenvalue weighted by molar-refractivity contribution is -0.145. The number of hydrogen-bond donors (Lipinski definition) is 1. The summed E-state index contributed by atoms with van der Waals surface area (Å²) in [5, 5.41) is 2.93. The fourth-order valence-electron chi connectivity index (χ4n) is 3.26. The van der Waals surface area contributed by atoms with E-state index in [0.29, 0.717) is 6.54 Å². The number of piperidine rings is 1. The van der Waals surface area contributed by atoms with Gasteiger partial charge in [0.25, 0.3) is 0 Å². The third-order valence-corrected chi connectivity index (χ3v) is 4.36. The van der Waals surface area contributed by atoms with Crippen LogP contribution in [0.4, 0.5) is 0 Å². The van der Waals surface area contributed by atoms with E-state index in [0.717, 1.165) is 37.8 Å². The minimum atomic E-state index is -0.0770. The number of nitrogens with one attached hydrogen (secondary N) is 1. The molecule has 3 rings (SSSR count). The maximum absolute atomic E-state index is 12.5. The van der Waals surface area contributed by atoms with Crippen LogP contribution in [0.15, 0.2) is 11.1 Å². The summed E-state index contributed by atoms with van der Waals surface area (Å²) in [7, 11) is 0. The van der Waals surface area contributed by atoms with Crippen molar-refractivity contribution in [2.75, 3.05) is 19.7 Å². The molecule has 2 fully saturated rings. The number of hydrogen-bond acceptors (Lipinski definition) is 3. The van der Waals surface area contributed by atoms with Crippen LogP contribution < -0.4 is 5.32 Å². The molecule has 2 atom stereocenters. The molecule has 2 aliphatic heterocycles. The first kappa shape index (κ1) is 12.7. The summed E-state index contributed by atoms with van der Waals surface area (Å²) >= 11 is 0. The molecule has 3 aliphatic rings. The minimum Gasteiger partial charge on any atom is -0.366 e. The van der Waals surface area contributed by atoms with E-state index < -0.39 is 0 Å². The molecule has 2 amide bonds. The number of likely N-dealkylation sites (tertiary alicyclic amines) is 1. The molecule has 0 radical (unpaired) electrons. The summed E-state index contributed by atoms with van der Waals surface area (Å²) in [6, 6.07) is -0.0405. The van der Waals surface area contributed by atoms with E-state index in [2.05, 4.69) is 12.2 Å². The van der Waals surface area contributed by atoms with Gasteiger partial charge in [-0.15, -0.1) is 0 Å². The lowest BCUT2D eigenvalue weighted by Gasteiger charge is -2.41. The van der Waals surface area contributed by atoms with Crippen molar-refractivity contribution < 1.29 is 14.3 Å². The zero-order valence-corrected chi connectivity index (χ0v) is 11.3. The lowest BCUT2D eigenvalue weighted by Crippen LogP contribution is -2.61. The fraction of sp³-hybridized carbons (Fsp3) is 0.714. The number of allylic oxidation sites excluding steroid dienone is 1. The summed E-state index contributed by atoms with van der Waals surface area (Å²) in [5.41, 5.74) is 2.22. The van der Waals surface area contributed by atoms with E-state index in [1.807, 2.05) is 4.90 Å². The predicted molar refractivity (Wildman–Crippen MR) is 69.4 cm³/mol. The van der Waals surface area contributed by atoms with Crippen LogP contribution >= 0.6 is 0 Å². The Kier molecular flexibility index (Phi) is 3.31. The third kappa shape index (κ3) is 2.39. The molecule has 1 aliphatic carbocycles. The fourth-order valence-corrected chi connectivity index (χ4v) is 3.26. The second kappa shape index (κ2) is 4.96. The number of morpholine rings is 1. The van der Waals surface area contributed by atoms with Crippen LogP contribution in [0.3, 0.4) is 0 Å². The highest BCUT2D eigenvalue weighted by atomic mass is 16.5. The molecular formula is C14H20N2O3. The number of carbonyl (C=O) groups excluding carboxylic acids is 2. The monoisotopic (exact) mass is 264 g/mol. The van der Waals surface area contributed by atoms with Gasteiger partial charge in [-0.3, -0.25) is 9.59 Å².